The maximum absolute atomic E-state index is 9.51. The molecule has 0 aliphatic carbocycles. The fraction of sp³-hybridized carbons (Fsp3) is 1.00. The largest absolute Gasteiger partial charge is 0.388 e. The first kappa shape index (κ1) is 9.40. The van der Waals surface area contributed by atoms with Crippen LogP contribution in [0.4, 0.5) is 0 Å². The van der Waals surface area contributed by atoms with Crippen LogP contribution >= 0.6 is 0 Å². The van der Waals surface area contributed by atoms with Gasteiger partial charge in [-0.05, 0) is 13.8 Å². The van der Waals surface area contributed by atoms with E-state index in [1.807, 2.05) is 13.8 Å². The Morgan fingerprint density at radius 1 is 1.46 bits per heavy atom. The molecular formula is C9H16O4. The van der Waals surface area contributed by atoms with Gasteiger partial charge in [0.25, 0.3) is 0 Å². The molecule has 1 N–H and O–H groups in total. The SMILES string of the molecule is CC1(C)O[C@@H]1C[C@@H]1OCOC[C@H]1O. The normalized spacial score (nSPS) is 43.2. The number of hydrogen-bond donors (Lipinski definition) is 1. The van der Waals surface area contributed by atoms with Crippen LogP contribution in [0.3, 0.4) is 0 Å². The molecule has 4 heteroatoms. The molecule has 0 bridgehead atoms. The second-order valence-electron chi connectivity index (χ2n) is 4.21. The first-order valence-corrected chi connectivity index (χ1v) is 4.65. The van der Waals surface area contributed by atoms with Crippen LogP contribution < -0.4 is 0 Å². The molecule has 0 radical (unpaired) electrons. The average molecular weight is 188 g/mol. The molecule has 2 heterocycles. The van der Waals surface area contributed by atoms with Crippen molar-refractivity contribution < 1.29 is 19.3 Å². The molecule has 2 saturated heterocycles. The van der Waals surface area contributed by atoms with Crippen molar-refractivity contribution in [3.8, 4) is 0 Å². The monoisotopic (exact) mass is 188 g/mol. The number of rotatable bonds is 2. The Bertz CT molecular complexity index is 192. The third kappa shape index (κ3) is 2.02. The zero-order valence-corrected chi connectivity index (χ0v) is 8.03. The molecule has 0 spiro atoms. The van der Waals surface area contributed by atoms with Gasteiger partial charge in [-0.2, -0.15) is 0 Å². The number of ether oxygens (including phenoxy) is 3. The summed E-state index contributed by atoms with van der Waals surface area (Å²) in [6.07, 6.45) is 0.358. The molecule has 0 aromatic carbocycles. The van der Waals surface area contributed by atoms with Crippen LogP contribution in [0.5, 0.6) is 0 Å². The number of aliphatic hydroxyl groups is 1. The molecule has 0 amide bonds. The topological polar surface area (TPSA) is 51.2 Å². The minimum Gasteiger partial charge on any atom is -0.388 e. The van der Waals surface area contributed by atoms with Crippen molar-refractivity contribution in [3.05, 3.63) is 0 Å². The van der Waals surface area contributed by atoms with E-state index in [0.717, 1.165) is 6.42 Å². The Labute approximate surface area is 77.8 Å². The van der Waals surface area contributed by atoms with Gasteiger partial charge in [0.05, 0.1) is 24.4 Å². The maximum atomic E-state index is 9.51. The summed E-state index contributed by atoms with van der Waals surface area (Å²) in [6, 6.07) is 0. The summed E-state index contributed by atoms with van der Waals surface area (Å²) in [5, 5.41) is 9.51. The molecule has 2 aliphatic heterocycles. The third-order valence-corrected chi connectivity index (χ3v) is 2.69. The zero-order chi connectivity index (χ0) is 9.47. The van der Waals surface area contributed by atoms with Crippen LogP contribution in [0.2, 0.25) is 0 Å². The van der Waals surface area contributed by atoms with Crippen molar-refractivity contribution in [2.24, 2.45) is 0 Å². The van der Waals surface area contributed by atoms with Crippen LogP contribution in [0, 0.1) is 0 Å². The third-order valence-electron chi connectivity index (χ3n) is 2.69. The molecular weight excluding hydrogens is 172 g/mol. The molecule has 13 heavy (non-hydrogen) atoms. The van der Waals surface area contributed by atoms with E-state index in [2.05, 4.69) is 0 Å². The van der Waals surface area contributed by atoms with Crippen LogP contribution in [0.1, 0.15) is 20.3 Å². The molecule has 2 rings (SSSR count). The first-order chi connectivity index (χ1) is 6.09. The molecule has 76 valence electrons. The van der Waals surface area contributed by atoms with E-state index in [-0.39, 0.29) is 24.6 Å². The van der Waals surface area contributed by atoms with Gasteiger partial charge in [-0.25, -0.2) is 0 Å². The van der Waals surface area contributed by atoms with Crippen LogP contribution in [0.25, 0.3) is 0 Å². The second kappa shape index (κ2) is 3.20. The standard InChI is InChI=1S/C9H16O4/c1-9(2)8(13-9)3-7-6(10)4-11-5-12-7/h6-8,10H,3-5H2,1-2H3/t6-,7+,8-/m1/s1. The fourth-order valence-electron chi connectivity index (χ4n) is 1.62. The number of hydrogen-bond acceptors (Lipinski definition) is 4. The fourth-order valence-corrected chi connectivity index (χ4v) is 1.62. The van der Waals surface area contributed by atoms with Crippen molar-refractivity contribution in [3.63, 3.8) is 0 Å². The lowest BCUT2D eigenvalue weighted by Crippen LogP contribution is -2.40. The predicted octanol–water partition coefficient (Wildman–Crippen LogP) is 0.288. The molecule has 0 saturated carbocycles. The number of aliphatic hydroxyl groups excluding tert-OH is 1. The van der Waals surface area contributed by atoms with Gasteiger partial charge < -0.3 is 19.3 Å². The molecule has 0 aromatic rings. The molecule has 3 atom stereocenters. The average Bonchev–Trinajstić information content (AvgIpc) is 2.64. The lowest BCUT2D eigenvalue weighted by molar-refractivity contribution is -0.195. The molecule has 0 unspecified atom stereocenters. The zero-order valence-electron chi connectivity index (χ0n) is 8.03. The van der Waals surface area contributed by atoms with Crippen molar-refractivity contribution in [2.75, 3.05) is 13.4 Å². The smallest absolute Gasteiger partial charge is 0.147 e. The Kier molecular flexibility index (Phi) is 2.32. The van der Waals surface area contributed by atoms with Gasteiger partial charge in [0.15, 0.2) is 0 Å². The van der Waals surface area contributed by atoms with E-state index in [1.54, 1.807) is 0 Å². The Morgan fingerprint density at radius 3 is 2.69 bits per heavy atom. The van der Waals surface area contributed by atoms with E-state index in [0.29, 0.717) is 6.61 Å². The minimum absolute atomic E-state index is 0.0264. The minimum atomic E-state index is -0.506. The second-order valence-corrected chi connectivity index (χ2v) is 4.21. The summed E-state index contributed by atoms with van der Waals surface area (Å²) in [5.41, 5.74) is -0.0264. The van der Waals surface area contributed by atoms with Crippen molar-refractivity contribution in [1.29, 1.82) is 0 Å². The molecule has 2 fully saturated rings. The Hall–Kier alpha value is -0.160. The van der Waals surface area contributed by atoms with E-state index in [1.165, 1.54) is 0 Å². The lowest BCUT2D eigenvalue weighted by Gasteiger charge is -2.27. The van der Waals surface area contributed by atoms with Crippen LogP contribution in [-0.2, 0) is 14.2 Å². The van der Waals surface area contributed by atoms with Gasteiger partial charge >= 0.3 is 0 Å². The van der Waals surface area contributed by atoms with Crippen molar-refractivity contribution in [1.82, 2.24) is 0 Å². The highest BCUT2D eigenvalue weighted by molar-refractivity contribution is 4.97. The predicted molar refractivity (Wildman–Crippen MR) is 45.3 cm³/mol. The van der Waals surface area contributed by atoms with Gasteiger partial charge in [-0.15, -0.1) is 0 Å². The van der Waals surface area contributed by atoms with Crippen LogP contribution in [0.15, 0.2) is 0 Å². The van der Waals surface area contributed by atoms with Crippen molar-refractivity contribution >= 4 is 0 Å². The highest BCUT2D eigenvalue weighted by atomic mass is 16.7. The molecule has 0 aromatic heterocycles. The lowest BCUT2D eigenvalue weighted by atomic mass is 10.0. The van der Waals surface area contributed by atoms with E-state index in [4.69, 9.17) is 14.2 Å². The summed E-state index contributed by atoms with van der Waals surface area (Å²) in [6.45, 7) is 4.75. The van der Waals surface area contributed by atoms with E-state index >= 15 is 0 Å². The van der Waals surface area contributed by atoms with Gasteiger partial charge in [0, 0.05) is 6.42 Å². The summed E-state index contributed by atoms with van der Waals surface area (Å²) in [5.74, 6) is 0. The summed E-state index contributed by atoms with van der Waals surface area (Å²) >= 11 is 0. The Balaban J connectivity index is 1.81. The van der Waals surface area contributed by atoms with Crippen molar-refractivity contribution in [2.45, 2.75) is 44.2 Å². The maximum Gasteiger partial charge on any atom is 0.147 e. The Morgan fingerprint density at radius 2 is 2.15 bits per heavy atom. The molecule has 2 aliphatic rings. The quantitative estimate of drug-likeness (QED) is 0.633. The number of epoxide rings is 1. The highest BCUT2D eigenvalue weighted by Gasteiger charge is 2.49. The first-order valence-electron chi connectivity index (χ1n) is 4.65. The van der Waals surface area contributed by atoms with Gasteiger partial charge in [0.2, 0.25) is 0 Å². The summed E-state index contributed by atoms with van der Waals surface area (Å²) < 4.78 is 15.7. The van der Waals surface area contributed by atoms with Gasteiger partial charge in [-0.1, -0.05) is 0 Å². The van der Waals surface area contributed by atoms with Gasteiger partial charge in [-0.3, -0.25) is 0 Å². The van der Waals surface area contributed by atoms with E-state index < -0.39 is 6.10 Å². The molecule has 4 nitrogen and oxygen atoms in total. The van der Waals surface area contributed by atoms with Gasteiger partial charge in [0.1, 0.15) is 12.9 Å². The summed E-state index contributed by atoms with van der Waals surface area (Å²) in [4.78, 5) is 0. The van der Waals surface area contributed by atoms with Crippen LogP contribution in [-0.4, -0.2) is 42.4 Å². The van der Waals surface area contributed by atoms with E-state index in [9.17, 15) is 5.11 Å². The highest BCUT2D eigenvalue weighted by Crippen LogP contribution is 2.39. The summed E-state index contributed by atoms with van der Waals surface area (Å²) in [7, 11) is 0.